The monoisotopic (exact) mass is 314 g/mol. The van der Waals surface area contributed by atoms with E-state index < -0.39 is 9.84 Å². The van der Waals surface area contributed by atoms with E-state index in [9.17, 15) is 8.42 Å². The number of hydrogen-bond acceptors (Lipinski definition) is 4. The fraction of sp³-hybridized carbons (Fsp3) is 0.364. The maximum absolute atomic E-state index is 12.1. The number of hydrogen-bond donors (Lipinski definition) is 0. The van der Waals surface area contributed by atoms with Crippen LogP contribution in [0.1, 0.15) is 6.42 Å². The molecule has 6 heteroatoms. The smallest absolute Gasteiger partial charge is 0.182 e. The fourth-order valence-electron chi connectivity index (χ4n) is 1.98. The standard InChI is InChI=1S/C11H11BrN2O2S/c1-14-9(4-5-13)7-17(15,16)11-6-8(12)2-3-10(11)14/h2-3,6,9H,4,7H2,1H3. The second-order valence-electron chi connectivity index (χ2n) is 4.02. The van der Waals surface area contributed by atoms with Gasteiger partial charge in [0.15, 0.2) is 9.84 Å². The maximum atomic E-state index is 12.1. The molecule has 1 heterocycles. The molecule has 2 rings (SSSR count). The van der Waals surface area contributed by atoms with Crippen LogP contribution < -0.4 is 4.90 Å². The molecule has 1 aromatic carbocycles. The molecule has 0 saturated carbocycles. The van der Waals surface area contributed by atoms with Crippen molar-refractivity contribution in [3.05, 3.63) is 22.7 Å². The molecule has 0 spiro atoms. The Kier molecular flexibility index (Phi) is 3.15. The first-order chi connectivity index (χ1) is 7.95. The average molecular weight is 315 g/mol. The summed E-state index contributed by atoms with van der Waals surface area (Å²) in [4.78, 5) is 2.20. The molecule has 0 amide bonds. The lowest BCUT2D eigenvalue weighted by atomic mass is 10.2. The van der Waals surface area contributed by atoms with Crippen molar-refractivity contribution in [1.82, 2.24) is 0 Å². The second-order valence-corrected chi connectivity index (χ2v) is 6.94. The van der Waals surface area contributed by atoms with Gasteiger partial charge in [-0.15, -0.1) is 0 Å². The van der Waals surface area contributed by atoms with Crippen LogP contribution in [0.4, 0.5) is 5.69 Å². The number of halogens is 1. The normalized spacial score (nSPS) is 21.7. The van der Waals surface area contributed by atoms with E-state index in [1.807, 2.05) is 18.0 Å². The predicted octanol–water partition coefficient (Wildman–Crippen LogP) is 1.95. The lowest BCUT2D eigenvalue weighted by Crippen LogP contribution is -2.42. The number of rotatable bonds is 1. The minimum Gasteiger partial charge on any atom is -0.368 e. The summed E-state index contributed by atoms with van der Waals surface area (Å²) in [5.74, 6) is 0.000509. The lowest BCUT2D eigenvalue weighted by molar-refractivity contribution is 0.573. The van der Waals surface area contributed by atoms with Gasteiger partial charge >= 0.3 is 0 Å². The molecular weight excluding hydrogens is 304 g/mol. The molecule has 1 aromatic rings. The van der Waals surface area contributed by atoms with E-state index in [1.165, 1.54) is 0 Å². The van der Waals surface area contributed by atoms with Gasteiger partial charge in [0.05, 0.1) is 34.9 Å². The molecule has 0 bridgehead atoms. The number of nitrogens with zero attached hydrogens (tertiary/aromatic N) is 2. The third kappa shape index (κ3) is 2.17. The Morgan fingerprint density at radius 3 is 2.94 bits per heavy atom. The summed E-state index contributed by atoms with van der Waals surface area (Å²) < 4.78 is 24.9. The number of fused-ring (bicyclic) bond motifs is 1. The number of nitriles is 1. The fourth-order valence-corrected chi connectivity index (χ4v) is 4.36. The van der Waals surface area contributed by atoms with Crippen molar-refractivity contribution >= 4 is 31.5 Å². The van der Waals surface area contributed by atoms with Crippen LogP contribution >= 0.6 is 15.9 Å². The van der Waals surface area contributed by atoms with Gasteiger partial charge in [-0.2, -0.15) is 5.26 Å². The van der Waals surface area contributed by atoms with Crippen LogP contribution in [0.3, 0.4) is 0 Å². The molecule has 1 aliphatic heterocycles. The van der Waals surface area contributed by atoms with Gasteiger partial charge < -0.3 is 4.90 Å². The SMILES string of the molecule is CN1c2ccc(Br)cc2S(=O)(=O)CC1CC#N. The summed E-state index contributed by atoms with van der Waals surface area (Å²) in [5, 5.41) is 8.72. The molecular formula is C11H11BrN2O2S. The quantitative estimate of drug-likeness (QED) is 0.795. The highest BCUT2D eigenvalue weighted by molar-refractivity contribution is 9.10. The zero-order valence-electron chi connectivity index (χ0n) is 9.22. The summed E-state index contributed by atoms with van der Waals surface area (Å²) in [6, 6.07) is 6.95. The molecule has 0 aliphatic carbocycles. The van der Waals surface area contributed by atoms with Gasteiger partial charge in [0, 0.05) is 11.5 Å². The molecule has 1 aliphatic rings. The minimum absolute atomic E-state index is 0.000509. The van der Waals surface area contributed by atoms with Crippen LogP contribution in [0.5, 0.6) is 0 Å². The van der Waals surface area contributed by atoms with E-state index in [2.05, 4.69) is 15.9 Å². The Balaban J connectivity index is 2.58. The Labute approximate surface area is 109 Å². The van der Waals surface area contributed by atoms with Crippen molar-refractivity contribution in [2.45, 2.75) is 17.4 Å². The highest BCUT2D eigenvalue weighted by Gasteiger charge is 2.33. The number of sulfone groups is 1. The van der Waals surface area contributed by atoms with Crippen molar-refractivity contribution < 1.29 is 8.42 Å². The third-order valence-corrected chi connectivity index (χ3v) is 5.24. The largest absolute Gasteiger partial charge is 0.368 e. The summed E-state index contributed by atoms with van der Waals surface area (Å²) in [7, 11) is -1.47. The summed E-state index contributed by atoms with van der Waals surface area (Å²) in [6.07, 6.45) is 0.214. The van der Waals surface area contributed by atoms with Gasteiger partial charge in [-0.3, -0.25) is 0 Å². The van der Waals surface area contributed by atoms with Gasteiger partial charge in [-0.1, -0.05) is 15.9 Å². The molecule has 0 aromatic heterocycles. The van der Waals surface area contributed by atoms with Gasteiger partial charge in [-0.05, 0) is 18.2 Å². The second kappa shape index (κ2) is 4.31. The lowest BCUT2D eigenvalue weighted by Gasteiger charge is -2.34. The Morgan fingerprint density at radius 1 is 1.59 bits per heavy atom. The summed E-state index contributed by atoms with van der Waals surface area (Å²) >= 11 is 3.27. The van der Waals surface area contributed by atoms with Crippen molar-refractivity contribution in [2.24, 2.45) is 0 Å². The number of anilines is 1. The summed E-state index contributed by atoms with van der Waals surface area (Å²) in [5.41, 5.74) is 0.666. The minimum atomic E-state index is -3.29. The topological polar surface area (TPSA) is 61.2 Å². The molecule has 0 fully saturated rings. The van der Waals surface area contributed by atoms with E-state index in [4.69, 9.17) is 5.26 Å². The van der Waals surface area contributed by atoms with Crippen LogP contribution in [0.2, 0.25) is 0 Å². The van der Waals surface area contributed by atoms with E-state index in [0.29, 0.717) is 10.6 Å². The molecule has 0 radical (unpaired) electrons. The van der Waals surface area contributed by atoms with Crippen LogP contribution in [0, 0.1) is 11.3 Å². The predicted molar refractivity (Wildman–Crippen MR) is 68.6 cm³/mol. The highest BCUT2D eigenvalue weighted by Crippen LogP contribution is 2.35. The van der Waals surface area contributed by atoms with Crippen molar-refractivity contribution in [2.75, 3.05) is 17.7 Å². The Hall–Kier alpha value is -1.06. The molecule has 0 N–H and O–H groups in total. The first-order valence-corrected chi connectivity index (χ1v) is 7.52. The van der Waals surface area contributed by atoms with Crippen LogP contribution in [0.15, 0.2) is 27.6 Å². The molecule has 1 unspecified atom stereocenters. The van der Waals surface area contributed by atoms with Crippen molar-refractivity contribution in [3.63, 3.8) is 0 Å². The molecule has 17 heavy (non-hydrogen) atoms. The van der Waals surface area contributed by atoms with E-state index in [0.717, 1.165) is 4.47 Å². The third-order valence-electron chi connectivity index (χ3n) is 2.92. The van der Waals surface area contributed by atoms with Gasteiger partial charge in [-0.25, -0.2) is 8.42 Å². The molecule has 4 nitrogen and oxygen atoms in total. The number of benzene rings is 1. The van der Waals surface area contributed by atoms with Gasteiger partial charge in [0.1, 0.15) is 0 Å². The van der Waals surface area contributed by atoms with Crippen LogP contribution in [0.25, 0.3) is 0 Å². The van der Waals surface area contributed by atoms with Crippen molar-refractivity contribution in [3.8, 4) is 6.07 Å². The zero-order chi connectivity index (χ0) is 12.6. The van der Waals surface area contributed by atoms with Crippen molar-refractivity contribution in [1.29, 1.82) is 5.26 Å². The van der Waals surface area contributed by atoms with Gasteiger partial charge in [0.2, 0.25) is 0 Å². The average Bonchev–Trinajstić information content (AvgIpc) is 2.26. The van der Waals surface area contributed by atoms with E-state index >= 15 is 0 Å². The highest BCUT2D eigenvalue weighted by atomic mass is 79.9. The Morgan fingerprint density at radius 2 is 2.29 bits per heavy atom. The molecule has 0 saturated heterocycles. The Bertz CT molecular complexity index is 592. The van der Waals surface area contributed by atoms with E-state index in [-0.39, 0.29) is 18.2 Å². The van der Waals surface area contributed by atoms with Gasteiger partial charge in [0.25, 0.3) is 0 Å². The van der Waals surface area contributed by atoms with Crippen LogP contribution in [-0.2, 0) is 9.84 Å². The first kappa shape index (κ1) is 12.4. The molecule has 1 atom stereocenters. The zero-order valence-corrected chi connectivity index (χ0v) is 11.6. The maximum Gasteiger partial charge on any atom is 0.182 e. The van der Waals surface area contributed by atoms with E-state index in [1.54, 1.807) is 18.2 Å². The summed E-state index contributed by atoms with van der Waals surface area (Å²) in [6.45, 7) is 0. The van der Waals surface area contributed by atoms with Crippen LogP contribution in [-0.4, -0.2) is 27.3 Å². The first-order valence-electron chi connectivity index (χ1n) is 5.08. The molecule has 90 valence electrons.